The van der Waals surface area contributed by atoms with Crippen LogP contribution in [0.2, 0.25) is 0 Å². The second-order valence-corrected chi connectivity index (χ2v) is 3.45. The van der Waals surface area contributed by atoms with Gasteiger partial charge in [-0.25, -0.2) is 9.78 Å². The van der Waals surface area contributed by atoms with Gasteiger partial charge in [-0.15, -0.1) is 0 Å². The second-order valence-electron chi connectivity index (χ2n) is 3.45. The number of carbonyl (C=O) groups excluding carboxylic acids is 1. The molecule has 0 spiro atoms. The number of aromatic nitrogens is 4. The molecule has 6 heteroatoms. The van der Waals surface area contributed by atoms with Crippen LogP contribution in [-0.4, -0.2) is 20.8 Å². The quantitative estimate of drug-likeness (QED) is 0.584. The zero-order chi connectivity index (χ0) is 11.1. The van der Waals surface area contributed by atoms with Crippen molar-refractivity contribution in [1.29, 1.82) is 0 Å². The Morgan fingerprint density at radius 2 is 2.31 bits per heavy atom. The fourth-order valence-electron chi connectivity index (χ4n) is 1.72. The van der Waals surface area contributed by atoms with Crippen LogP contribution in [0.25, 0.3) is 21.8 Å². The molecule has 0 radical (unpaired) electrons. The van der Waals surface area contributed by atoms with Crippen molar-refractivity contribution in [3.63, 3.8) is 0 Å². The van der Waals surface area contributed by atoms with E-state index >= 15 is 0 Å². The molecule has 1 amide bonds. The lowest BCUT2D eigenvalue weighted by molar-refractivity contribution is -0.345. The van der Waals surface area contributed by atoms with Crippen molar-refractivity contribution in [3.05, 3.63) is 30.9 Å². The van der Waals surface area contributed by atoms with Gasteiger partial charge in [-0.1, -0.05) is 0 Å². The van der Waals surface area contributed by atoms with Crippen molar-refractivity contribution in [2.24, 2.45) is 5.73 Å². The molecule has 0 saturated carbocycles. The Morgan fingerprint density at radius 3 is 3.12 bits per heavy atom. The molecule has 78 valence electrons. The summed E-state index contributed by atoms with van der Waals surface area (Å²) in [5.74, 6) is 0. The third kappa shape index (κ3) is 1.13. The predicted octanol–water partition coefficient (Wildman–Crippen LogP) is 0.325. The van der Waals surface area contributed by atoms with Crippen LogP contribution in [0.15, 0.2) is 30.9 Å². The fourth-order valence-corrected chi connectivity index (χ4v) is 1.72. The van der Waals surface area contributed by atoms with Crippen molar-refractivity contribution in [1.82, 2.24) is 14.8 Å². The largest absolute Gasteiger partial charge is 0.358 e. The number of pyridine rings is 2. The Balaban J connectivity index is 2.41. The molecule has 0 unspecified atom stereocenters. The number of rotatable bonds is 0. The molecule has 3 aromatic heterocycles. The molecule has 0 aliphatic carbocycles. The maximum absolute atomic E-state index is 11.0. The molecule has 6 nitrogen and oxygen atoms in total. The van der Waals surface area contributed by atoms with Crippen LogP contribution in [0.5, 0.6) is 0 Å². The van der Waals surface area contributed by atoms with E-state index in [0.717, 1.165) is 21.8 Å². The van der Waals surface area contributed by atoms with Gasteiger partial charge in [0.05, 0.1) is 17.5 Å². The lowest BCUT2D eigenvalue weighted by Crippen LogP contribution is -2.19. The van der Waals surface area contributed by atoms with Crippen LogP contribution in [-0.2, 0) is 0 Å². The van der Waals surface area contributed by atoms with Crippen LogP contribution in [0.1, 0.15) is 0 Å². The van der Waals surface area contributed by atoms with Gasteiger partial charge in [0.25, 0.3) is 0 Å². The SMILES string of the molecule is NC(=O)n1ccc2c(c[nH+]c3nncc32)c1. The molecular weight excluding hydrogens is 206 g/mol. The number of amides is 1. The summed E-state index contributed by atoms with van der Waals surface area (Å²) in [6.07, 6.45) is 6.74. The summed E-state index contributed by atoms with van der Waals surface area (Å²) in [7, 11) is 0. The standard InChI is InChI=1S/C10H7N5O/c11-10(16)15-2-1-7-6(5-15)3-12-9-8(7)4-13-14-9/h1-5H,(H2,11,16)/p+1. The first-order valence-electron chi connectivity index (χ1n) is 4.69. The van der Waals surface area contributed by atoms with E-state index in [-0.39, 0.29) is 0 Å². The number of hydrogen-bond donors (Lipinski definition) is 1. The summed E-state index contributed by atoms with van der Waals surface area (Å²) < 4.78 is 1.33. The fraction of sp³-hybridized carbons (Fsp3) is 0. The molecule has 3 N–H and O–H groups in total. The molecule has 0 aliphatic rings. The molecule has 3 aromatic rings. The first-order valence-corrected chi connectivity index (χ1v) is 4.69. The molecule has 0 aromatic carbocycles. The van der Waals surface area contributed by atoms with Crippen molar-refractivity contribution in [2.45, 2.75) is 0 Å². The Kier molecular flexibility index (Phi) is 1.64. The van der Waals surface area contributed by atoms with E-state index in [1.54, 1.807) is 24.8 Å². The van der Waals surface area contributed by atoms with Gasteiger partial charge in [-0.3, -0.25) is 4.57 Å². The van der Waals surface area contributed by atoms with Gasteiger partial charge in [0.1, 0.15) is 5.39 Å². The minimum atomic E-state index is -0.513. The average molecular weight is 214 g/mol. The molecule has 0 saturated heterocycles. The van der Waals surface area contributed by atoms with Gasteiger partial charge in [0.2, 0.25) is 0 Å². The third-order valence-electron chi connectivity index (χ3n) is 2.50. The van der Waals surface area contributed by atoms with Gasteiger partial charge in [-0.2, -0.15) is 0 Å². The highest BCUT2D eigenvalue weighted by molar-refractivity contribution is 6.02. The van der Waals surface area contributed by atoms with E-state index in [9.17, 15) is 4.79 Å². The molecule has 0 atom stereocenters. The highest BCUT2D eigenvalue weighted by Crippen LogP contribution is 2.19. The molecule has 0 bridgehead atoms. The number of nitrogens with zero attached hydrogens (tertiary/aromatic N) is 3. The number of fused-ring (bicyclic) bond motifs is 3. The maximum Gasteiger partial charge on any atom is 0.358 e. The van der Waals surface area contributed by atoms with E-state index in [1.807, 2.05) is 6.07 Å². The summed E-state index contributed by atoms with van der Waals surface area (Å²) in [5.41, 5.74) is 5.91. The molecular formula is C10H8N5O+. The molecule has 16 heavy (non-hydrogen) atoms. The first kappa shape index (κ1) is 8.78. The second kappa shape index (κ2) is 2.99. The highest BCUT2D eigenvalue weighted by Gasteiger charge is 2.10. The van der Waals surface area contributed by atoms with Crippen LogP contribution in [0.3, 0.4) is 0 Å². The summed E-state index contributed by atoms with van der Waals surface area (Å²) >= 11 is 0. The average Bonchev–Trinajstić information content (AvgIpc) is 2.76. The lowest BCUT2D eigenvalue weighted by atomic mass is 10.2. The Morgan fingerprint density at radius 1 is 1.44 bits per heavy atom. The number of H-pyrrole nitrogens is 1. The predicted molar refractivity (Wildman–Crippen MR) is 56.6 cm³/mol. The molecule has 3 heterocycles. The number of nitrogens with one attached hydrogen (secondary N) is 1. The minimum Gasteiger partial charge on any atom is -0.351 e. The van der Waals surface area contributed by atoms with Crippen LogP contribution >= 0.6 is 0 Å². The van der Waals surface area contributed by atoms with E-state index in [2.05, 4.69) is 15.2 Å². The van der Waals surface area contributed by atoms with Gasteiger partial charge in [0, 0.05) is 23.2 Å². The molecule has 0 fully saturated rings. The maximum atomic E-state index is 11.0. The third-order valence-corrected chi connectivity index (χ3v) is 2.50. The summed E-state index contributed by atoms with van der Waals surface area (Å²) in [6, 6.07) is 1.31. The van der Waals surface area contributed by atoms with E-state index in [0.29, 0.717) is 0 Å². The van der Waals surface area contributed by atoms with Crippen LogP contribution in [0.4, 0.5) is 4.79 Å². The van der Waals surface area contributed by atoms with E-state index in [1.165, 1.54) is 4.57 Å². The normalized spacial score (nSPS) is 11.0. The zero-order valence-electron chi connectivity index (χ0n) is 8.21. The summed E-state index contributed by atoms with van der Waals surface area (Å²) in [5, 5.41) is 10.5. The Bertz CT molecular complexity index is 703. The number of nitrogens with two attached hydrogens (primary N) is 1. The highest BCUT2D eigenvalue weighted by atomic mass is 16.2. The van der Waals surface area contributed by atoms with Crippen molar-refractivity contribution in [2.75, 3.05) is 0 Å². The number of hydrogen-bond acceptors (Lipinski definition) is 3. The van der Waals surface area contributed by atoms with Crippen molar-refractivity contribution >= 4 is 27.8 Å². The van der Waals surface area contributed by atoms with Crippen molar-refractivity contribution in [3.8, 4) is 0 Å². The number of primary amides is 1. The van der Waals surface area contributed by atoms with E-state index in [4.69, 9.17) is 5.73 Å². The zero-order valence-corrected chi connectivity index (χ0v) is 8.21. The van der Waals surface area contributed by atoms with Crippen LogP contribution in [0, 0.1) is 0 Å². The van der Waals surface area contributed by atoms with E-state index < -0.39 is 6.03 Å². The van der Waals surface area contributed by atoms with Gasteiger partial charge in [0.15, 0.2) is 0 Å². The van der Waals surface area contributed by atoms with Gasteiger partial charge >= 0.3 is 11.7 Å². The lowest BCUT2D eigenvalue weighted by Gasteiger charge is -2.02. The Labute approximate surface area is 89.7 Å². The molecule has 0 aliphatic heterocycles. The van der Waals surface area contributed by atoms with Crippen LogP contribution < -0.4 is 10.7 Å². The number of carbonyl (C=O) groups is 1. The first-order chi connectivity index (χ1) is 7.75. The minimum absolute atomic E-state index is 0.513. The smallest absolute Gasteiger partial charge is 0.351 e. The Hall–Kier alpha value is -2.50. The topological polar surface area (TPSA) is 87.9 Å². The monoisotopic (exact) mass is 214 g/mol. The summed E-state index contributed by atoms with van der Waals surface area (Å²) in [4.78, 5) is 14.0. The number of aromatic amines is 1. The van der Waals surface area contributed by atoms with Crippen molar-refractivity contribution < 1.29 is 9.78 Å². The van der Waals surface area contributed by atoms with Gasteiger partial charge < -0.3 is 5.73 Å². The molecule has 3 rings (SSSR count). The van der Waals surface area contributed by atoms with Gasteiger partial charge in [-0.05, 0) is 11.2 Å². The summed E-state index contributed by atoms with van der Waals surface area (Å²) in [6.45, 7) is 0.